The minimum atomic E-state index is 0.524. The maximum Gasteiger partial charge on any atom is 0.128 e. The molecule has 1 rings (SSSR count). The van der Waals surface area contributed by atoms with Crippen LogP contribution in [0.5, 0.6) is 0 Å². The standard InChI is InChI=1S/C15H27N3/c1-6-13(4)18(5)15-9-7-8-14(17-15)11-16-10-12(2)3/h7-9,12-13,16H,6,10-11H2,1-5H3. The van der Waals surface area contributed by atoms with Crippen molar-refractivity contribution >= 4 is 5.82 Å². The predicted molar refractivity (Wildman–Crippen MR) is 78.9 cm³/mol. The van der Waals surface area contributed by atoms with E-state index in [1.807, 2.05) is 0 Å². The van der Waals surface area contributed by atoms with Crippen molar-refractivity contribution in [3.05, 3.63) is 23.9 Å². The fraction of sp³-hybridized carbons (Fsp3) is 0.667. The van der Waals surface area contributed by atoms with Crippen LogP contribution in [0.25, 0.3) is 0 Å². The summed E-state index contributed by atoms with van der Waals surface area (Å²) in [5.41, 5.74) is 1.11. The van der Waals surface area contributed by atoms with Crippen LogP contribution in [0.4, 0.5) is 5.82 Å². The molecule has 1 atom stereocenters. The molecule has 1 aromatic heterocycles. The minimum absolute atomic E-state index is 0.524. The fourth-order valence-corrected chi connectivity index (χ4v) is 1.75. The first kappa shape index (κ1) is 15.0. The molecule has 1 unspecified atom stereocenters. The topological polar surface area (TPSA) is 28.2 Å². The van der Waals surface area contributed by atoms with E-state index >= 15 is 0 Å². The molecule has 0 aliphatic carbocycles. The van der Waals surface area contributed by atoms with Gasteiger partial charge in [0.15, 0.2) is 0 Å². The third kappa shape index (κ3) is 4.65. The number of anilines is 1. The second-order valence-corrected chi connectivity index (χ2v) is 5.38. The van der Waals surface area contributed by atoms with Gasteiger partial charge in [-0.3, -0.25) is 0 Å². The average Bonchev–Trinajstić information content (AvgIpc) is 2.37. The first-order valence-electron chi connectivity index (χ1n) is 6.94. The first-order chi connectivity index (χ1) is 8.54. The monoisotopic (exact) mass is 249 g/mol. The molecule has 0 aliphatic rings. The normalized spacial score (nSPS) is 12.8. The smallest absolute Gasteiger partial charge is 0.128 e. The van der Waals surface area contributed by atoms with Crippen molar-refractivity contribution in [2.75, 3.05) is 18.5 Å². The van der Waals surface area contributed by atoms with Crippen LogP contribution in [0.1, 0.15) is 39.8 Å². The summed E-state index contributed by atoms with van der Waals surface area (Å²) < 4.78 is 0. The number of hydrogen-bond acceptors (Lipinski definition) is 3. The van der Waals surface area contributed by atoms with Gasteiger partial charge in [-0.25, -0.2) is 4.98 Å². The Morgan fingerprint density at radius 3 is 2.61 bits per heavy atom. The van der Waals surface area contributed by atoms with E-state index in [0.29, 0.717) is 12.0 Å². The Labute approximate surface area is 112 Å². The third-order valence-corrected chi connectivity index (χ3v) is 3.26. The summed E-state index contributed by atoms with van der Waals surface area (Å²) in [4.78, 5) is 6.94. The molecule has 3 nitrogen and oxygen atoms in total. The molecule has 102 valence electrons. The average molecular weight is 249 g/mol. The zero-order valence-electron chi connectivity index (χ0n) is 12.4. The lowest BCUT2D eigenvalue weighted by atomic mass is 10.2. The molecule has 0 fully saturated rings. The highest BCUT2D eigenvalue weighted by Crippen LogP contribution is 2.14. The highest BCUT2D eigenvalue weighted by molar-refractivity contribution is 5.39. The van der Waals surface area contributed by atoms with Crippen molar-refractivity contribution < 1.29 is 0 Å². The maximum atomic E-state index is 4.70. The number of pyridine rings is 1. The molecule has 0 amide bonds. The molecule has 0 radical (unpaired) electrons. The number of nitrogens with zero attached hydrogens (tertiary/aromatic N) is 2. The molecule has 0 aromatic carbocycles. The summed E-state index contributed by atoms with van der Waals surface area (Å²) in [6.45, 7) is 10.7. The first-order valence-corrected chi connectivity index (χ1v) is 6.94. The molecule has 1 N–H and O–H groups in total. The number of nitrogens with one attached hydrogen (secondary N) is 1. The number of aromatic nitrogens is 1. The SMILES string of the molecule is CCC(C)N(C)c1cccc(CNCC(C)C)n1. The number of rotatable bonds is 7. The largest absolute Gasteiger partial charge is 0.357 e. The fourth-order valence-electron chi connectivity index (χ4n) is 1.75. The van der Waals surface area contributed by atoms with Crippen LogP contribution in [0.2, 0.25) is 0 Å². The van der Waals surface area contributed by atoms with Gasteiger partial charge in [0, 0.05) is 19.6 Å². The summed E-state index contributed by atoms with van der Waals surface area (Å²) >= 11 is 0. The molecule has 0 aliphatic heterocycles. The van der Waals surface area contributed by atoms with Crippen molar-refractivity contribution in [1.29, 1.82) is 0 Å². The van der Waals surface area contributed by atoms with E-state index in [1.54, 1.807) is 0 Å². The highest BCUT2D eigenvalue weighted by atomic mass is 15.2. The Balaban J connectivity index is 2.61. The lowest BCUT2D eigenvalue weighted by Gasteiger charge is -2.25. The second kappa shape index (κ2) is 7.37. The van der Waals surface area contributed by atoms with Gasteiger partial charge in [-0.2, -0.15) is 0 Å². The van der Waals surface area contributed by atoms with E-state index in [9.17, 15) is 0 Å². The van der Waals surface area contributed by atoms with E-state index in [1.165, 1.54) is 0 Å². The molecule has 1 aromatic rings. The van der Waals surface area contributed by atoms with Gasteiger partial charge in [0.25, 0.3) is 0 Å². The summed E-state index contributed by atoms with van der Waals surface area (Å²) in [6, 6.07) is 6.78. The van der Waals surface area contributed by atoms with E-state index in [-0.39, 0.29) is 0 Å². The van der Waals surface area contributed by atoms with Crippen molar-refractivity contribution in [3.63, 3.8) is 0 Å². The Bertz CT molecular complexity index is 349. The second-order valence-electron chi connectivity index (χ2n) is 5.38. The molecule has 0 spiro atoms. The van der Waals surface area contributed by atoms with E-state index in [4.69, 9.17) is 4.98 Å². The van der Waals surface area contributed by atoms with E-state index in [2.05, 4.69) is 63.2 Å². The van der Waals surface area contributed by atoms with Crippen LogP contribution in [0.3, 0.4) is 0 Å². The van der Waals surface area contributed by atoms with Gasteiger partial charge in [0.2, 0.25) is 0 Å². The molecule has 18 heavy (non-hydrogen) atoms. The summed E-state index contributed by atoms with van der Waals surface area (Å²) in [6.07, 6.45) is 1.13. The molecule has 0 saturated carbocycles. The van der Waals surface area contributed by atoms with Gasteiger partial charge in [-0.05, 0) is 37.9 Å². The van der Waals surface area contributed by atoms with Crippen LogP contribution in [-0.2, 0) is 6.54 Å². The molecule has 0 bridgehead atoms. The molecule has 3 heteroatoms. The molecule has 1 heterocycles. The predicted octanol–water partition coefficient (Wildman–Crippen LogP) is 3.06. The van der Waals surface area contributed by atoms with Gasteiger partial charge in [-0.15, -0.1) is 0 Å². The van der Waals surface area contributed by atoms with Crippen LogP contribution < -0.4 is 10.2 Å². The van der Waals surface area contributed by atoms with Crippen molar-refractivity contribution in [2.24, 2.45) is 5.92 Å². The van der Waals surface area contributed by atoms with E-state index < -0.39 is 0 Å². The Morgan fingerprint density at radius 2 is 2.00 bits per heavy atom. The van der Waals surface area contributed by atoms with Crippen molar-refractivity contribution in [2.45, 2.75) is 46.7 Å². The van der Waals surface area contributed by atoms with Gasteiger partial charge >= 0.3 is 0 Å². The highest BCUT2D eigenvalue weighted by Gasteiger charge is 2.09. The number of hydrogen-bond donors (Lipinski definition) is 1. The van der Waals surface area contributed by atoms with Crippen LogP contribution in [-0.4, -0.2) is 24.6 Å². The zero-order valence-corrected chi connectivity index (χ0v) is 12.4. The molecule has 0 saturated heterocycles. The Hall–Kier alpha value is -1.09. The Morgan fingerprint density at radius 1 is 1.28 bits per heavy atom. The van der Waals surface area contributed by atoms with Crippen LogP contribution >= 0.6 is 0 Å². The molecular formula is C15H27N3. The van der Waals surface area contributed by atoms with Gasteiger partial charge in [-0.1, -0.05) is 26.8 Å². The maximum absolute atomic E-state index is 4.70. The quantitative estimate of drug-likeness (QED) is 0.805. The zero-order chi connectivity index (χ0) is 13.5. The summed E-state index contributed by atoms with van der Waals surface area (Å²) in [7, 11) is 2.11. The van der Waals surface area contributed by atoms with Crippen molar-refractivity contribution in [3.8, 4) is 0 Å². The van der Waals surface area contributed by atoms with Gasteiger partial charge < -0.3 is 10.2 Å². The lowest BCUT2D eigenvalue weighted by Crippen LogP contribution is -2.29. The van der Waals surface area contributed by atoms with Crippen LogP contribution in [0, 0.1) is 5.92 Å². The van der Waals surface area contributed by atoms with E-state index in [0.717, 1.165) is 31.0 Å². The van der Waals surface area contributed by atoms with Gasteiger partial charge in [0.05, 0.1) is 5.69 Å². The molecular weight excluding hydrogens is 222 g/mol. The summed E-state index contributed by atoms with van der Waals surface area (Å²) in [5.74, 6) is 1.74. The van der Waals surface area contributed by atoms with Crippen LogP contribution in [0.15, 0.2) is 18.2 Å². The third-order valence-electron chi connectivity index (χ3n) is 3.26. The van der Waals surface area contributed by atoms with Crippen molar-refractivity contribution in [1.82, 2.24) is 10.3 Å². The summed E-state index contributed by atoms with van der Waals surface area (Å²) in [5, 5.41) is 3.43. The minimum Gasteiger partial charge on any atom is -0.357 e. The van der Waals surface area contributed by atoms with Gasteiger partial charge in [0.1, 0.15) is 5.82 Å². The lowest BCUT2D eigenvalue weighted by molar-refractivity contribution is 0.547. The Kier molecular flexibility index (Phi) is 6.13.